The highest BCUT2D eigenvalue weighted by Crippen LogP contribution is 2.31. The number of carbonyl (C=O) groups excluding carboxylic acids is 1. The van der Waals surface area contributed by atoms with Gasteiger partial charge in [0.2, 0.25) is 5.91 Å². The zero-order valence-electron chi connectivity index (χ0n) is 22.6. The number of fused-ring (bicyclic) bond motifs is 1. The number of carbonyl (C=O) groups is 1. The molecule has 2 N–H and O–H groups in total. The lowest BCUT2D eigenvalue weighted by Gasteiger charge is -2.33. The van der Waals surface area contributed by atoms with Gasteiger partial charge in [0.25, 0.3) is 20.0 Å². The van der Waals surface area contributed by atoms with Crippen LogP contribution < -0.4 is 9.46 Å². The van der Waals surface area contributed by atoms with Crippen molar-refractivity contribution in [1.82, 2.24) is 18.8 Å². The van der Waals surface area contributed by atoms with E-state index in [0.717, 1.165) is 11.3 Å². The Hall–Kier alpha value is -2.98. The minimum absolute atomic E-state index is 0.0399. The van der Waals surface area contributed by atoms with Crippen molar-refractivity contribution in [1.29, 1.82) is 0 Å². The number of benzene rings is 1. The number of hydrogen-bond acceptors (Lipinski definition) is 9. The lowest BCUT2D eigenvalue weighted by Crippen LogP contribution is -2.48. The van der Waals surface area contributed by atoms with Crippen LogP contribution in [0.25, 0.3) is 0 Å². The smallest absolute Gasteiger partial charge is 0.271 e. The van der Waals surface area contributed by atoms with E-state index in [0.29, 0.717) is 11.3 Å². The molecule has 40 heavy (non-hydrogen) atoms. The molecule has 2 aromatic heterocycles. The highest BCUT2D eigenvalue weighted by molar-refractivity contribution is 7.94. The minimum Gasteiger partial charge on any atom is -0.488 e. The Morgan fingerprint density at radius 1 is 1.27 bits per heavy atom. The van der Waals surface area contributed by atoms with Crippen LogP contribution >= 0.6 is 11.3 Å². The fourth-order valence-corrected chi connectivity index (χ4v) is 7.55. The third-order valence-electron chi connectivity index (χ3n) is 6.72. The summed E-state index contributed by atoms with van der Waals surface area (Å²) in [6.45, 7) is 3.50. The molecule has 3 aromatic rings. The third-order valence-corrected chi connectivity index (χ3v) is 11.2. The molecule has 0 bridgehead atoms. The number of nitrogens with one attached hydrogen (secondary N) is 1. The van der Waals surface area contributed by atoms with Crippen molar-refractivity contribution in [3.63, 3.8) is 0 Å². The first-order chi connectivity index (χ1) is 18.8. The summed E-state index contributed by atoms with van der Waals surface area (Å²) >= 11 is 1.08. The molecule has 3 atom stereocenters. The van der Waals surface area contributed by atoms with Crippen LogP contribution in [-0.2, 0) is 38.3 Å². The minimum atomic E-state index is -3.92. The van der Waals surface area contributed by atoms with Gasteiger partial charge in [-0.05, 0) is 36.6 Å². The Morgan fingerprint density at radius 2 is 2.02 bits per heavy atom. The number of aliphatic hydroxyl groups is 1. The van der Waals surface area contributed by atoms with Crippen LogP contribution in [0.1, 0.15) is 19.4 Å². The zero-order chi connectivity index (χ0) is 29.2. The number of aryl methyl sites for hydroxylation is 1. The van der Waals surface area contributed by atoms with Gasteiger partial charge in [0.1, 0.15) is 16.1 Å². The summed E-state index contributed by atoms with van der Waals surface area (Å²) < 4.78 is 63.7. The fraction of sp³-hybridized carbons (Fsp3) is 0.440. The van der Waals surface area contributed by atoms with E-state index in [4.69, 9.17) is 4.74 Å². The molecular formula is C25H33N5O7S3. The first-order valence-corrected chi connectivity index (χ1v) is 16.3. The highest BCUT2D eigenvalue weighted by Gasteiger charge is 2.34. The van der Waals surface area contributed by atoms with E-state index in [1.165, 1.54) is 36.0 Å². The molecule has 0 radical (unpaired) electrons. The summed E-state index contributed by atoms with van der Waals surface area (Å²) in [7, 11) is -4.62. The predicted octanol–water partition coefficient (Wildman–Crippen LogP) is 1.75. The van der Waals surface area contributed by atoms with E-state index in [1.807, 2.05) is 6.92 Å². The summed E-state index contributed by atoms with van der Waals surface area (Å²) in [6.07, 6.45) is 2.03. The van der Waals surface area contributed by atoms with Crippen molar-refractivity contribution in [2.75, 3.05) is 31.5 Å². The average molecular weight is 612 g/mol. The van der Waals surface area contributed by atoms with Gasteiger partial charge in [-0.2, -0.15) is 4.31 Å². The first-order valence-electron chi connectivity index (χ1n) is 12.5. The van der Waals surface area contributed by atoms with E-state index in [1.54, 1.807) is 47.0 Å². The number of likely N-dealkylation sites (N-methyl/N-ethyl adjacent to an activating group) is 1. The molecule has 1 aromatic carbocycles. The van der Waals surface area contributed by atoms with Gasteiger partial charge in [-0.1, -0.05) is 13.0 Å². The molecule has 4 rings (SSSR count). The molecule has 15 heteroatoms. The molecule has 0 unspecified atom stereocenters. The molecule has 3 heterocycles. The number of imidazole rings is 1. The van der Waals surface area contributed by atoms with E-state index in [-0.39, 0.29) is 52.9 Å². The maximum Gasteiger partial charge on any atom is 0.271 e. The molecule has 1 amide bonds. The van der Waals surface area contributed by atoms with Crippen molar-refractivity contribution in [2.24, 2.45) is 13.0 Å². The standard InChI is InChI=1S/C25H33N5O7S3/c1-17-12-30(18(2)15-31)24(32)11-19-10-20(27-39(33,34)25-6-5-9-38-25)7-8-21(19)37-22(17)13-29(4)40(35,36)23-14-28(3)16-26-23/h5-10,14,16-18,22,27,31H,11-13,15H2,1-4H3/t17-,18+,22-/m1/s1. The lowest BCUT2D eigenvalue weighted by atomic mass is 10.0. The predicted molar refractivity (Wildman–Crippen MR) is 150 cm³/mol. The Labute approximate surface area is 238 Å². The molecular weight excluding hydrogens is 579 g/mol. The van der Waals surface area contributed by atoms with Crippen molar-refractivity contribution in [3.8, 4) is 5.75 Å². The molecule has 0 spiro atoms. The number of ether oxygens (including phenoxy) is 1. The van der Waals surface area contributed by atoms with E-state index >= 15 is 0 Å². The number of aromatic nitrogens is 2. The van der Waals surface area contributed by atoms with Crippen LogP contribution in [0.4, 0.5) is 5.69 Å². The highest BCUT2D eigenvalue weighted by atomic mass is 32.2. The largest absolute Gasteiger partial charge is 0.488 e. The normalized spacial score (nSPS) is 19.4. The summed E-state index contributed by atoms with van der Waals surface area (Å²) in [5.74, 6) is -0.264. The van der Waals surface area contributed by atoms with Crippen molar-refractivity contribution in [3.05, 3.63) is 53.8 Å². The van der Waals surface area contributed by atoms with Crippen molar-refractivity contribution >= 4 is 43.0 Å². The first kappa shape index (κ1) is 30.0. The van der Waals surface area contributed by atoms with Gasteiger partial charge in [-0.3, -0.25) is 9.52 Å². The van der Waals surface area contributed by atoms with Gasteiger partial charge in [0.05, 0.1) is 31.9 Å². The van der Waals surface area contributed by atoms with Gasteiger partial charge in [0, 0.05) is 44.0 Å². The second kappa shape index (κ2) is 11.9. The number of sulfonamides is 2. The molecule has 0 fully saturated rings. The van der Waals surface area contributed by atoms with E-state index < -0.39 is 32.2 Å². The molecule has 12 nitrogen and oxygen atoms in total. The van der Waals surface area contributed by atoms with Crippen LogP contribution in [0.3, 0.4) is 0 Å². The summed E-state index contributed by atoms with van der Waals surface area (Å²) in [6, 6.07) is 7.30. The molecule has 0 saturated carbocycles. The summed E-state index contributed by atoms with van der Waals surface area (Å²) in [5.41, 5.74) is 0.685. The monoisotopic (exact) mass is 611 g/mol. The molecule has 0 saturated heterocycles. The Kier molecular flexibility index (Phi) is 8.89. The lowest BCUT2D eigenvalue weighted by molar-refractivity contribution is -0.134. The SMILES string of the molecule is C[C@@H]1CN([C@@H](C)CO)C(=O)Cc2cc(NS(=O)(=O)c3cccs3)ccc2O[C@@H]1CN(C)S(=O)(=O)c1cn(C)cn1. The topological polar surface area (TPSA) is 151 Å². The molecule has 1 aliphatic rings. The van der Waals surface area contributed by atoms with Gasteiger partial charge in [-0.15, -0.1) is 11.3 Å². The van der Waals surface area contributed by atoms with Crippen LogP contribution in [-0.4, -0.2) is 85.5 Å². The van der Waals surface area contributed by atoms with E-state index in [9.17, 15) is 26.7 Å². The Balaban J connectivity index is 1.68. The van der Waals surface area contributed by atoms with Gasteiger partial charge in [-0.25, -0.2) is 21.8 Å². The van der Waals surface area contributed by atoms with Gasteiger partial charge in [0.15, 0.2) is 5.03 Å². The Bertz CT molecular complexity index is 1550. The number of rotatable bonds is 9. The van der Waals surface area contributed by atoms with E-state index in [2.05, 4.69) is 9.71 Å². The Morgan fingerprint density at radius 3 is 2.65 bits per heavy atom. The number of nitrogens with zero attached hydrogens (tertiary/aromatic N) is 4. The van der Waals surface area contributed by atoms with Crippen LogP contribution in [0.2, 0.25) is 0 Å². The van der Waals surface area contributed by atoms with Crippen LogP contribution in [0.15, 0.2) is 57.5 Å². The average Bonchev–Trinajstić information content (AvgIpc) is 3.60. The van der Waals surface area contributed by atoms with Gasteiger partial charge < -0.3 is 19.3 Å². The number of amides is 1. The maximum atomic E-state index is 13.4. The maximum absolute atomic E-state index is 13.4. The molecule has 0 aliphatic carbocycles. The number of anilines is 1. The molecule has 1 aliphatic heterocycles. The number of hydrogen-bond donors (Lipinski definition) is 2. The second-order valence-electron chi connectivity index (χ2n) is 9.91. The molecule has 218 valence electrons. The second-order valence-corrected chi connectivity index (χ2v) is 14.8. The van der Waals surface area contributed by atoms with Crippen LogP contribution in [0, 0.1) is 5.92 Å². The number of aliphatic hydroxyl groups excluding tert-OH is 1. The summed E-state index contributed by atoms with van der Waals surface area (Å²) in [4.78, 5) is 18.9. The number of thiophene rings is 1. The van der Waals surface area contributed by atoms with Gasteiger partial charge >= 0.3 is 0 Å². The third kappa shape index (κ3) is 6.49. The fourth-order valence-electron chi connectivity index (χ4n) is 4.37. The zero-order valence-corrected chi connectivity index (χ0v) is 25.0. The van der Waals surface area contributed by atoms with Crippen LogP contribution in [0.5, 0.6) is 5.75 Å². The van der Waals surface area contributed by atoms with Crippen molar-refractivity contribution in [2.45, 2.75) is 41.6 Å². The summed E-state index contributed by atoms with van der Waals surface area (Å²) in [5, 5.41) is 11.4. The van der Waals surface area contributed by atoms with Crippen molar-refractivity contribution < 1.29 is 31.5 Å². The quantitative estimate of drug-likeness (QED) is 0.372.